The van der Waals surface area contributed by atoms with Crippen LogP contribution in [0.5, 0.6) is 0 Å². The largest absolute Gasteiger partial charge is 0.465 e. The molecule has 0 heterocycles. The van der Waals surface area contributed by atoms with Crippen molar-refractivity contribution in [1.29, 1.82) is 0 Å². The van der Waals surface area contributed by atoms with E-state index in [4.69, 9.17) is 0 Å². The zero-order valence-electron chi connectivity index (χ0n) is 7.43. The molecule has 0 atom stereocenters. The van der Waals surface area contributed by atoms with E-state index >= 15 is 0 Å². The third-order valence-electron chi connectivity index (χ3n) is 2.36. The maximum Gasteiger partial charge on any atom is 0.341 e. The van der Waals surface area contributed by atoms with Crippen LogP contribution in [0.3, 0.4) is 0 Å². The number of hydrogen-bond acceptors (Lipinski definition) is 2. The van der Waals surface area contributed by atoms with Crippen LogP contribution in [0, 0.1) is 5.92 Å². The van der Waals surface area contributed by atoms with Crippen LogP contribution in [0.15, 0.2) is 17.9 Å². The zero-order chi connectivity index (χ0) is 8.97. The van der Waals surface area contributed by atoms with Gasteiger partial charge < -0.3 is 4.74 Å². The molecule has 1 aliphatic rings. The van der Waals surface area contributed by atoms with E-state index in [9.17, 15) is 4.79 Å². The molecule has 0 aromatic heterocycles. The van der Waals surface area contributed by atoms with Gasteiger partial charge in [-0.1, -0.05) is 19.4 Å². The first-order chi connectivity index (χ1) is 5.79. The first-order valence-corrected chi connectivity index (χ1v) is 4.28. The number of hydrogen-bond donors (Lipinski definition) is 0. The van der Waals surface area contributed by atoms with Crippen LogP contribution in [0.25, 0.3) is 0 Å². The van der Waals surface area contributed by atoms with Crippen LogP contribution >= 0.6 is 0 Å². The van der Waals surface area contributed by atoms with Gasteiger partial charge in [0, 0.05) is 0 Å². The van der Waals surface area contributed by atoms with Crippen LogP contribution < -0.4 is 0 Å². The van der Waals surface area contributed by atoms with Crippen molar-refractivity contribution in [2.75, 3.05) is 7.11 Å². The Morgan fingerprint density at radius 3 is 2.50 bits per heavy atom. The normalized spacial score (nSPS) is 17.1. The molecule has 0 aromatic carbocycles. The Kier molecular flexibility index (Phi) is 3.12. The molecule has 1 aliphatic carbocycles. The first kappa shape index (κ1) is 9.08. The Balaban J connectivity index is 2.68. The second-order valence-corrected chi connectivity index (χ2v) is 3.06. The van der Waals surface area contributed by atoms with E-state index in [-0.39, 0.29) is 5.97 Å². The molecule has 12 heavy (non-hydrogen) atoms. The molecular formula is C10H14O2. The summed E-state index contributed by atoms with van der Waals surface area (Å²) in [5, 5.41) is 0. The summed E-state index contributed by atoms with van der Waals surface area (Å²) in [6.07, 6.45) is 4.56. The van der Waals surface area contributed by atoms with Gasteiger partial charge in [0.15, 0.2) is 0 Å². The second-order valence-electron chi connectivity index (χ2n) is 3.06. The van der Waals surface area contributed by atoms with Gasteiger partial charge in [0.25, 0.3) is 0 Å². The molecule has 0 saturated heterocycles. The summed E-state index contributed by atoms with van der Waals surface area (Å²) in [7, 11) is 1.40. The molecule has 0 aromatic rings. The summed E-state index contributed by atoms with van der Waals surface area (Å²) in [4.78, 5) is 11.2. The van der Waals surface area contributed by atoms with Crippen LogP contribution in [-0.2, 0) is 9.53 Å². The SMILES string of the molecule is C=C=C(C(=O)OC)C1CCCC1. The summed E-state index contributed by atoms with van der Waals surface area (Å²) < 4.78 is 4.64. The van der Waals surface area contributed by atoms with E-state index in [1.807, 2.05) is 0 Å². The quantitative estimate of drug-likeness (QED) is 0.356. The molecule has 0 N–H and O–H groups in total. The highest BCUT2D eigenvalue weighted by Gasteiger charge is 2.24. The van der Waals surface area contributed by atoms with E-state index in [2.05, 4.69) is 17.0 Å². The smallest absolute Gasteiger partial charge is 0.341 e. The van der Waals surface area contributed by atoms with Crippen LogP contribution in [-0.4, -0.2) is 13.1 Å². The molecule has 66 valence electrons. The standard InChI is InChI=1S/C10H14O2/c1-3-9(10(11)12-2)8-6-4-5-7-8/h8H,1,4-7H2,2H3. The number of carbonyl (C=O) groups excluding carboxylic acids is 1. The maximum absolute atomic E-state index is 11.2. The minimum atomic E-state index is -0.267. The van der Waals surface area contributed by atoms with Crippen molar-refractivity contribution in [1.82, 2.24) is 0 Å². The van der Waals surface area contributed by atoms with Crippen LogP contribution in [0.2, 0.25) is 0 Å². The van der Waals surface area contributed by atoms with Crippen molar-refractivity contribution in [3.63, 3.8) is 0 Å². The minimum absolute atomic E-state index is 0.267. The lowest BCUT2D eigenvalue weighted by Gasteiger charge is -2.08. The fourth-order valence-electron chi connectivity index (χ4n) is 1.71. The highest BCUT2D eigenvalue weighted by atomic mass is 16.5. The van der Waals surface area contributed by atoms with Crippen molar-refractivity contribution < 1.29 is 9.53 Å². The molecular weight excluding hydrogens is 152 g/mol. The molecule has 0 radical (unpaired) electrons. The summed E-state index contributed by atoms with van der Waals surface area (Å²) >= 11 is 0. The Labute approximate surface area is 72.9 Å². The van der Waals surface area contributed by atoms with Gasteiger partial charge in [-0.2, -0.15) is 0 Å². The lowest BCUT2D eigenvalue weighted by molar-refractivity contribution is -0.136. The Bertz CT molecular complexity index is 218. The van der Waals surface area contributed by atoms with Gasteiger partial charge in [0.05, 0.1) is 12.7 Å². The maximum atomic E-state index is 11.2. The van der Waals surface area contributed by atoms with Gasteiger partial charge in [-0.15, -0.1) is 5.73 Å². The average Bonchev–Trinajstić information content (AvgIpc) is 2.58. The molecule has 1 saturated carbocycles. The highest BCUT2D eigenvalue weighted by molar-refractivity contribution is 5.88. The molecule has 2 nitrogen and oxygen atoms in total. The van der Waals surface area contributed by atoms with Crippen molar-refractivity contribution >= 4 is 5.97 Å². The van der Waals surface area contributed by atoms with Gasteiger partial charge in [-0.3, -0.25) is 0 Å². The zero-order valence-corrected chi connectivity index (χ0v) is 7.43. The van der Waals surface area contributed by atoms with Crippen molar-refractivity contribution in [3.05, 3.63) is 17.9 Å². The van der Waals surface area contributed by atoms with Gasteiger partial charge in [0.2, 0.25) is 0 Å². The topological polar surface area (TPSA) is 26.3 Å². The highest BCUT2D eigenvalue weighted by Crippen LogP contribution is 2.30. The van der Waals surface area contributed by atoms with E-state index in [0.717, 1.165) is 12.8 Å². The monoisotopic (exact) mass is 166 g/mol. The Hall–Kier alpha value is -1.01. The van der Waals surface area contributed by atoms with Crippen molar-refractivity contribution in [2.24, 2.45) is 5.92 Å². The fourth-order valence-corrected chi connectivity index (χ4v) is 1.71. The number of methoxy groups -OCH3 is 1. The number of esters is 1. The van der Waals surface area contributed by atoms with E-state index in [1.54, 1.807) is 0 Å². The number of ether oxygens (including phenoxy) is 1. The predicted octanol–water partition coefficient (Wildman–Crippen LogP) is 2.06. The molecule has 1 fully saturated rings. The molecule has 1 rings (SSSR count). The Morgan fingerprint density at radius 2 is 2.08 bits per heavy atom. The van der Waals surface area contributed by atoms with Crippen LogP contribution in [0.1, 0.15) is 25.7 Å². The lowest BCUT2D eigenvalue weighted by atomic mass is 9.99. The molecule has 0 amide bonds. The third kappa shape index (κ3) is 1.77. The molecule has 0 aliphatic heterocycles. The molecule has 2 heteroatoms. The van der Waals surface area contributed by atoms with E-state index < -0.39 is 0 Å². The molecule has 0 bridgehead atoms. The van der Waals surface area contributed by atoms with Crippen LogP contribution in [0.4, 0.5) is 0 Å². The lowest BCUT2D eigenvalue weighted by Crippen LogP contribution is -2.11. The van der Waals surface area contributed by atoms with Gasteiger partial charge in [-0.05, 0) is 18.8 Å². The summed E-state index contributed by atoms with van der Waals surface area (Å²) in [6.45, 7) is 3.51. The second kappa shape index (κ2) is 4.13. The summed E-state index contributed by atoms with van der Waals surface area (Å²) in [5.41, 5.74) is 3.32. The van der Waals surface area contributed by atoms with Crippen molar-refractivity contribution in [2.45, 2.75) is 25.7 Å². The summed E-state index contributed by atoms with van der Waals surface area (Å²) in [6, 6.07) is 0. The van der Waals surface area contributed by atoms with E-state index in [1.165, 1.54) is 20.0 Å². The van der Waals surface area contributed by atoms with Gasteiger partial charge >= 0.3 is 5.97 Å². The number of rotatable bonds is 2. The fraction of sp³-hybridized carbons (Fsp3) is 0.600. The summed E-state index contributed by atoms with van der Waals surface area (Å²) in [5.74, 6) is 0.0758. The van der Waals surface area contributed by atoms with E-state index in [0.29, 0.717) is 11.5 Å². The Morgan fingerprint density at radius 1 is 1.50 bits per heavy atom. The predicted molar refractivity (Wildman–Crippen MR) is 46.6 cm³/mol. The van der Waals surface area contributed by atoms with Crippen molar-refractivity contribution in [3.8, 4) is 0 Å². The third-order valence-corrected chi connectivity index (χ3v) is 2.36. The minimum Gasteiger partial charge on any atom is -0.465 e. The number of carbonyl (C=O) groups is 1. The van der Waals surface area contributed by atoms with Gasteiger partial charge in [0.1, 0.15) is 0 Å². The molecule has 0 spiro atoms. The first-order valence-electron chi connectivity index (χ1n) is 4.28. The average molecular weight is 166 g/mol. The van der Waals surface area contributed by atoms with Gasteiger partial charge in [-0.25, -0.2) is 4.79 Å². The molecule has 0 unspecified atom stereocenters.